The van der Waals surface area contributed by atoms with Crippen molar-refractivity contribution >= 4 is 17.4 Å². The van der Waals surface area contributed by atoms with E-state index in [1.807, 2.05) is 73.5 Å². The summed E-state index contributed by atoms with van der Waals surface area (Å²) in [6, 6.07) is 12.1. The first kappa shape index (κ1) is 24.6. The van der Waals surface area contributed by atoms with E-state index in [9.17, 15) is 14.7 Å². The molecule has 2 aromatic carbocycles. The number of hydrogen-bond acceptors (Lipinski definition) is 5. The van der Waals surface area contributed by atoms with Gasteiger partial charge in [-0.3, -0.25) is 14.6 Å². The minimum atomic E-state index is -0.695. The monoisotopic (exact) mass is 502 g/mol. The maximum absolute atomic E-state index is 13.3. The number of rotatable bonds is 9. The zero-order valence-electron chi connectivity index (χ0n) is 21.1. The number of H-pyrrole nitrogens is 1. The fourth-order valence-electron chi connectivity index (χ4n) is 5.03. The maximum Gasteiger partial charge on any atom is 0.295 e. The summed E-state index contributed by atoms with van der Waals surface area (Å²) in [4.78, 5) is 31.1. The van der Waals surface area contributed by atoms with Crippen molar-refractivity contribution < 1.29 is 28.7 Å². The highest BCUT2D eigenvalue weighted by molar-refractivity contribution is 6.46. The van der Waals surface area contributed by atoms with Crippen LogP contribution in [0, 0.1) is 0 Å². The summed E-state index contributed by atoms with van der Waals surface area (Å²) in [6.45, 7) is 5.69. The number of fused-ring (bicyclic) bond motifs is 1. The molecule has 3 aromatic rings. The number of aliphatic hydroxyl groups is 1. The number of Topliss-reactive ketones (excluding diaryl/α,β-unsaturated/α-hetero) is 1. The number of imidazole rings is 1. The van der Waals surface area contributed by atoms with Gasteiger partial charge in [-0.15, -0.1) is 0 Å². The van der Waals surface area contributed by atoms with Gasteiger partial charge in [-0.25, -0.2) is 4.57 Å². The zero-order valence-corrected chi connectivity index (χ0v) is 21.1. The summed E-state index contributed by atoms with van der Waals surface area (Å²) in [6.07, 6.45) is 7.92. The molecule has 8 heteroatoms. The van der Waals surface area contributed by atoms with Gasteiger partial charge in [-0.05, 0) is 54.8 Å². The van der Waals surface area contributed by atoms with E-state index in [2.05, 4.69) is 4.98 Å². The topological polar surface area (TPSA) is 95.7 Å². The molecule has 0 spiro atoms. The standard InChI is InChI=1S/C29H31N3O5/c1-3-15-36-23-8-5-20(6-9-23)26-25(27(33)21-7-10-24-22(17-21)16-19(2)37-24)28(34)29(35)32(26)13-4-12-31-14-11-30-18-31/h5-11,14,17-19,26H,3-4,12-13,15-16H2,1-2H3,(H,33,34)/p+1. The number of aliphatic hydroxyl groups excluding tert-OH is 1. The smallest absolute Gasteiger partial charge is 0.295 e. The second kappa shape index (κ2) is 10.5. The van der Waals surface area contributed by atoms with Gasteiger partial charge in [0.15, 0.2) is 0 Å². The lowest BCUT2D eigenvalue weighted by molar-refractivity contribution is -0.695. The molecule has 2 unspecified atom stereocenters. The van der Waals surface area contributed by atoms with Crippen LogP contribution < -0.4 is 14.0 Å². The van der Waals surface area contributed by atoms with E-state index in [1.54, 1.807) is 11.0 Å². The van der Waals surface area contributed by atoms with Crippen LogP contribution >= 0.6 is 0 Å². The Labute approximate surface area is 216 Å². The molecule has 5 rings (SSSR count). The van der Waals surface area contributed by atoms with Gasteiger partial charge in [0.2, 0.25) is 6.33 Å². The number of nitrogens with one attached hydrogen (secondary N) is 1. The van der Waals surface area contributed by atoms with Crippen LogP contribution in [-0.2, 0) is 22.6 Å². The molecule has 1 fully saturated rings. The summed E-state index contributed by atoms with van der Waals surface area (Å²) in [5.74, 6) is 0.0629. The van der Waals surface area contributed by atoms with Crippen LogP contribution in [0.2, 0.25) is 0 Å². The Hall–Kier alpha value is -4.07. The normalized spacial score (nSPS) is 20.2. The van der Waals surface area contributed by atoms with Crippen molar-refractivity contribution in [2.45, 2.75) is 51.8 Å². The van der Waals surface area contributed by atoms with Gasteiger partial charge in [0.1, 0.15) is 35.8 Å². The lowest BCUT2D eigenvalue weighted by Gasteiger charge is -2.25. The predicted octanol–water partition coefficient (Wildman–Crippen LogP) is 3.93. The highest BCUT2D eigenvalue weighted by Gasteiger charge is 2.46. The SMILES string of the molecule is CCCOc1ccc(C2C(=C(O)c3ccc4c(c3)CC(C)O4)C(=O)C(=O)N2CCC[n+]2cc[nH]c2)cc1. The molecule has 1 amide bonds. The van der Waals surface area contributed by atoms with Crippen LogP contribution in [0.3, 0.4) is 0 Å². The van der Waals surface area contributed by atoms with Gasteiger partial charge in [0, 0.05) is 24.9 Å². The summed E-state index contributed by atoms with van der Waals surface area (Å²) in [7, 11) is 0. The Balaban J connectivity index is 1.50. The van der Waals surface area contributed by atoms with Crippen LogP contribution in [0.1, 0.15) is 49.4 Å². The molecule has 2 aliphatic rings. The van der Waals surface area contributed by atoms with Crippen molar-refractivity contribution in [1.82, 2.24) is 9.88 Å². The van der Waals surface area contributed by atoms with E-state index in [-0.39, 0.29) is 17.4 Å². The molecule has 37 heavy (non-hydrogen) atoms. The predicted molar refractivity (Wildman–Crippen MR) is 137 cm³/mol. The number of carbonyl (C=O) groups excluding carboxylic acids is 2. The van der Waals surface area contributed by atoms with Crippen molar-refractivity contribution in [3.8, 4) is 11.5 Å². The third-order valence-corrected chi connectivity index (χ3v) is 6.80. The minimum Gasteiger partial charge on any atom is -0.507 e. The third kappa shape index (κ3) is 4.96. The highest BCUT2D eigenvalue weighted by atomic mass is 16.5. The molecule has 0 saturated carbocycles. The van der Waals surface area contributed by atoms with E-state index in [0.717, 1.165) is 35.5 Å². The van der Waals surface area contributed by atoms with Crippen molar-refractivity contribution in [3.63, 3.8) is 0 Å². The van der Waals surface area contributed by atoms with Crippen LogP contribution in [-0.4, -0.2) is 45.9 Å². The molecule has 2 N–H and O–H groups in total. The van der Waals surface area contributed by atoms with Crippen LogP contribution in [0.25, 0.3) is 5.76 Å². The van der Waals surface area contributed by atoms with Gasteiger partial charge in [0.05, 0.1) is 24.8 Å². The first-order valence-corrected chi connectivity index (χ1v) is 12.8. The van der Waals surface area contributed by atoms with Crippen LogP contribution in [0.4, 0.5) is 0 Å². The maximum atomic E-state index is 13.3. The summed E-state index contributed by atoms with van der Waals surface area (Å²) in [5.41, 5.74) is 2.33. The van der Waals surface area contributed by atoms with Gasteiger partial charge < -0.3 is 19.5 Å². The lowest BCUT2D eigenvalue weighted by atomic mass is 9.94. The first-order chi connectivity index (χ1) is 18.0. The molecule has 8 nitrogen and oxygen atoms in total. The number of hydrogen-bond donors (Lipinski definition) is 2. The Morgan fingerprint density at radius 2 is 2.03 bits per heavy atom. The Kier molecular flexibility index (Phi) is 6.99. The Morgan fingerprint density at radius 1 is 1.22 bits per heavy atom. The molecule has 3 heterocycles. The van der Waals surface area contributed by atoms with Crippen molar-refractivity contribution in [1.29, 1.82) is 0 Å². The fraction of sp³-hybridized carbons (Fsp3) is 0.345. The molecular weight excluding hydrogens is 470 g/mol. The second-order valence-corrected chi connectivity index (χ2v) is 9.57. The Morgan fingerprint density at radius 3 is 2.76 bits per heavy atom. The summed E-state index contributed by atoms with van der Waals surface area (Å²) < 4.78 is 13.5. The number of ether oxygens (including phenoxy) is 2. The van der Waals surface area contributed by atoms with E-state index >= 15 is 0 Å². The number of nitrogens with zero attached hydrogens (tertiary/aromatic N) is 2. The number of amides is 1. The molecular formula is C29H32N3O5+. The molecule has 1 saturated heterocycles. The average molecular weight is 503 g/mol. The van der Waals surface area contributed by atoms with Crippen molar-refractivity contribution in [2.24, 2.45) is 0 Å². The van der Waals surface area contributed by atoms with E-state index in [0.29, 0.717) is 31.7 Å². The molecule has 192 valence electrons. The summed E-state index contributed by atoms with van der Waals surface area (Å²) >= 11 is 0. The number of benzene rings is 2. The fourth-order valence-corrected chi connectivity index (χ4v) is 5.03. The van der Waals surface area contributed by atoms with E-state index in [1.165, 1.54) is 0 Å². The van der Waals surface area contributed by atoms with Gasteiger partial charge in [-0.2, -0.15) is 0 Å². The van der Waals surface area contributed by atoms with E-state index < -0.39 is 17.7 Å². The number of carbonyl (C=O) groups is 2. The minimum absolute atomic E-state index is 0.0596. The molecule has 2 atom stereocenters. The first-order valence-electron chi connectivity index (χ1n) is 12.8. The quantitative estimate of drug-likeness (QED) is 0.200. The third-order valence-electron chi connectivity index (χ3n) is 6.80. The molecule has 1 aromatic heterocycles. The Bertz CT molecular complexity index is 1310. The van der Waals surface area contributed by atoms with Gasteiger partial charge in [0.25, 0.3) is 11.7 Å². The van der Waals surface area contributed by atoms with Crippen LogP contribution in [0.5, 0.6) is 11.5 Å². The average Bonchev–Trinajstić information content (AvgIpc) is 3.61. The van der Waals surface area contributed by atoms with E-state index in [4.69, 9.17) is 9.47 Å². The number of aryl methyl sites for hydroxylation is 1. The lowest BCUT2D eigenvalue weighted by Crippen LogP contribution is -2.36. The highest BCUT2D eigenvalue weighted by Crippen LogP contribution is 2.41. The number of likely N-dealkylation sites (tertiary alicyclic amines) is 1. The zero-order chi connectivity index (χ0) is 25.9. The molecule has 2 aliphatic heterocycles. The molecule has 0 radical (unpaired) electrons. The van der Waals surface area contributed by atoms with Crippen molar-refractivity contribution in [3.05, 3.63) is 83.4 Å². The van der Waals surface area contributed by atoms with Crippen molar-refractivity contribution in [2.75, 3.05) is 13.2 Å². The van der Waals surface area contributed by atoms with Gasteiger partial charge in [-0.1, -0.05) is 19.1 Å². The van der Waals surface area contributed by atoms with Gasteiger partial charge >= 0.3 is 0 Å². The molecule has 0 bridgehead atoms. The van der Waals surface area contributed by atoms with Crippen LogP contribution in [0.15, 0.2) is 66.8 Å². The second-order valence-electron chi connectivity index (χ2n) is 9.57. The largest absolute Gasteiger partial charge is 0.507 e. The number of aromatic amines is 1. The number of aromatic nitrogens is 2. The number of ketones is 1. The summed E-state index contributed by atoms with van der Waals surface area (Å²) in [5, 5.41) is 11.4. The molecule has 0 aliphatic carbocycles.